The first-order chi connectivity index (χ1) is 12.8. The third kappa shape index (κ3) is 6.94. The number of carbonyl (C=O) groups is 2. The molecule has 0 aliphatic heterocycles. The number of nitrogens with one attached hydrogen (secondary N) is 1. The monoisotopic (exact) mass is 389 g/mol. The fourth-order valence-electron chi connectivity index (χ4n) is 2.28. The van der Waals surface area contributed by atoms with Crippen LogP contribution in [0, 0.1) is 5.92 Å². The van der Waals surface area contributed by atoms with E-state index in [2.05, 4.69) is 19.2 Å². The number of esters is 1. The zero-order valence-corrected chi connectivity index (χ0v) is 16.5. The van der Waals surface area contributed by atoms with Gasteiger partial charge < -0.3 is 14.8 Å². The van der Waals surface area contributed by atoms with Gasteiger partial charge in [0.25, 0.3) is 5.91 Å². The molecule has 5 nitrogen and oxygen atoms in total. The summed E-state index contributed by atoms with van der Waals surface area (Å²) in [6, 6.07) is 13.6. The van der Waals surface area contributed by atoms with Gasteiger partial charge in [-0.05, 0) is 54.8 Å². The molecule has 144 valence electrons. The van der Waals surface area contributed by atoms with E-state index in [1.165, 1.54) is 0 Å². The summed E-state index contributed by atoms with van der Waals surface area (Å²) >= 11 is 5.85. The highest BCUT2D eigenvalue weighted by Crippen LogP contribution is 2.16. The largest absolute Gasteiger partial charge is 0.493 e. The summed E-state index contributed by atoms with van der Waals surface area (Å²) in [5.74, 6) is 0.181. The predicted octanol–water partition coefficient (Wildman–Crippen LogP) is 4.41. The molecule has 27 heavy (non-hydrogen) atoms. The first-order valence-corrected chi connectivity index (χ1v) is 9.17. The lowest BCUT2D eigenvalue weighted by Gasteiger charge is -2.14. The van der Waals surface area contributed by atoms with Crippen LogP contribution in [0.1, 0.15) is 42.7 Å². The highest BCUT2D eigenvalue weighted by atomic mass is 35.5. The molecule has 0 saturated carbocycles. The molecule has 0 fully saturated rings. The molecule has 0 heterocycles. The average Bonchev–Trinajstić information content (AvgIpc) is 2.65. The highest BCUT2D eigenvalue weighted by molar-refractivity contribution is 6.30. The second-order valence-electron chi connectivity index (χ2n) is 6.65. The van der Waals surface area contributed by atoms with Gasteiger partial charge in [0.2, 0.25) is 0 Å². The number of ether oxygens (including phenoxy) is 2. The number of amides is 1. The van der Waals surface area contributed by atoms with Crippen LogP contribution in [0.3, 0.4) is 0 Å². The minimum Gasteiger partial charge on any atom is -0.493 e. The van der Waals surface area contributed by atoms with Crippen LogP contribution in [0.15, 0.2) is 48.5 Å². The fourth-order valence-corrected chi connectivity index (χ4v) is 2.41. The van der Waals surface area contributed by atoms with Crippen LogP contribution in [-0.4, -0.2) is 25.1 Å². The van der Waals surface area contributed by atoms with E-state index >= 15 is 0 Å². The Kier molecular flexibility index (Phi) is 7.67. The number of halogens is 1. The molecule has 0 radical (unpaired) electrons. The second-order valence-corrected chi connectivity index (χ2v) is 7.08. The quantitative estimate of drug-likeness (QED) is 0.679. The van der Waals surface area contributed by atoms with Crippen LogP contribution in [0.5, 0.6) is 5.75 Å². The van der Waals surface area contributed by atoms with Gasteiger partial charge >= 0.3 is 5.97 Å². The Morgan fingerprint density at radius 3 is 2.22 bits per heavy atom. The molecule has 1 amide bonds. The lowest BCUT2D eigenvalue weighted by Crippen LogP contribution is -2.31. The van der Waals surface area contributed by atoms with E-state index in [4.69, 9.17) is 21.1 Å². The zero-order chi connectivity index (χ0) is 19.8. The molecule has 2 aromatic carbocycles. The summed E-state index contributed by atoms with van der Waals surface area (Å²) in [7, 11) is 0. The lowest BCUT2D eigenvalue weighted by molar-refractivity contribution is -0.124. The molecule has 1 atom stereocenters. The van der Waals surface area contributed by atoms with E-state index < -0.39 is 5.97 Å². The molecular weight excluding hydrogens is 366 g/mol. The molecule has 6 heteroatoms. The molecule has 0 aliphatic rings. The number of hydrogen-bond donors (Lipinski definition) is 1. The van der Waals surface area contributed by atoms with Gasteiger partial charge in [-0.3, -0.25) is 4.79 Å². The standard InChI is InChI=1S/C21H24ClNO4/c1-14(2)12-26-19-10-6-17(7-11-19)21(25)27-13-20(24)23-15(3)16-4-8-18(22)9-5-16/h4-11,14-15H,12-13H2,1-3H3,(H,23,24)/t15-/m0/s1. The van der Waals surface area contributed by atoms with Crippen LogP contribution >= 0.6 is 11.6 Å². The Bertz CT molecular complexity index is 757. The third-order valence-electron chi connectivity index (χ3n) is 3.76. The van der Waals surface area contributed by atoms with Gasteiger partial charge in [0, 0.05) is 5.02 Å². The van der Waals surface area contributed by atoms with Crippen LogP contribution in [0.4, 0.5) is 0 Å². The van der Waals surface area contributed by atoms with Crippen molar-refractivity contribution in [3.05, 3.63) is 64.7 Å². The Hall–Kier alpha value is -2.53. The Labute approximate surface area is 164 Å². The summed E-state index contributed by atoms with van der Waals surface area (Å²) in [6.45, 7) is 6.23. The average molecular weight is 390 g/mol. The number of benzene rings is 2. The molecule has 0 bridgehead atoms. The van der Waals surface area contributed by atoms with Crippen LogP contribution in [-0.2, 0) is 9.53 Å². The Morgan fingerprint density at radius 2 is 1.63 bits per heavy atom. The van der Waals surface area contributed by atoms with E-state index in [9.17, 15) is 9.59 Å². The maximum Gasteiger partial charge on any atom is 0.338 e. The summed E-state index contributed by atoms with van der Waals surface area (Å²) < 4.78 is 10.6. The number of rotatable bonds is 8. The first kappa shape index (κ1) is 20.8. The van der Waals surface area contributed by atoms with Crippen molar-refractivity contribution in [2.45, 2.75) is 26.8 Å². The molecule has 0 saturated heterocycles. The molecule has 2 aromatic rings. The topological polar surface area (TPSA) is 64.6 Å². The van der Waals surface area contributed by atoms with Gasteiger partial charge in [-0.25, -0.2) is 4.79 Å². The van der Waals surface area contributed by atoms with Crippen molar-refractivity contribution >= 4 is 23.5 Å². The van der Waals surface area contributed by atoms with Crippen molar-refractivity contribution in [1.82, 2.24) is 5.32 Å². The molecule has 0 unspecified atom stereocenters. The lowest BCUT2D eigenvalue weighted by atomic mass is 10.1. The smallest absolute Gasteiger partial charge is 0.338 e. The van der Waals surface area contributed by atoms with Crippen molar-refractivity contribution in [2.75, 3.05) is 13.2 Å². The molecule has 1 N–H and O–H groups in total. The molecule has 2 rings (SSSR count). The number of hydrogen-bond acceptors (Lipinski definition) is 4. The number of carbonyl (C=O) groups excluding carboxylic acids is 2. The second kappa shape index (κ2) is 9.97. The van der Waals surface area contributed by atoms with Gasteiger partial charge in [-0.15, -0.1) is 0 Å². The van der Waals surface area contributed by atoms with Crippen molar-refractivity contribution in [1.29, 1.82) is 0 Å². The van der Waals surface area contributed by atoms with Gasteiger partial charge in [-0.2, -0.15) is 0 Å². The summed E-state index contributed by atoms with van der Waals surface area (Å²) in [4.78, 5) is 24.1. The first-order valence-electron chi connectivity index (χ1n) is 8.80. The van der Waals surface area contributed by atoms with E-state index in [1.54, 1.807) is 36.4 Å². The molecule has 0 aliphatic carbocycles. The van der Waals surface area contributed by atoms with Crippen LogP contribution in [0.2, 0.25) is 5.02 Å². The molecular formula is C21H24ClNO4. The maximum absolute atomic E-state index is 12.1. The molecule has 0 spiro atoms. The van der Waals surface area contributed by atoms with Gasteiger partial charge in [0.1, 0.15) is 5.75 Å². The van der Waals surface area contributed by atoms with Crippen LogP contribution in [0.25, 0.3) is 0 Å². The minimum atomic E-state index is -0.556. The van der Waals surface area contributed by atoms with E-state index in [0.29, 0.717) is 28.9 Å². The van der Waals surface area contributed by atoms with Crippen molar-refractivity contribution in [3.63, 3.8) is 0 Å². The third-order valence-corrected chi connectivity index (χ3v) is 4.01. The fraction of sp³-hybridized carbons (Fsp3) is 0.333. The normalized spacial score (nSPS) is 11.7. The van der Waals surface area contributed by atoms with E-state index in [0.717, 1.165) is 5.56 Å². The van der Waals surface area contributed by atoms with Gasteiger partial charge in [0.15, 0.2) is 6.61 Å². The Morgan fingerprint density at radius 1 is 1.00 bits per heavy atom. The summed E-state index contributed by atoms with van der Waals surface area (Å²) in [6.07, 6.45) is 0. The minimum absolute atomic E-state index is 0.217. The molecule has 0 aromatic heterocycles. The SMILES string of the molecule is CC(C)COc1ccc(C(=O)OCC(=O)N[C@@H](C)c2ccc(Cl)cc2)cc1. The van der Waals surface area contributed by atoms with E-state index in [1.807, 2.05) is 19.1 Å². The maximum atomic E-state index is 12.1. The Balaban J connectivity index is 1.80. The summed E-state index contributed by atoms with van der Waals surface area (Å²) in [5, 5.41) is 3.41. The van der Waals surface area contributed by atoms with E-state index in [-0.39, 0.29) is 18.6 Å². The summed E-state index contributed by atoms with van der Waals surface area (Å²) in [5.41, 5.74) is 1.28. The predicted molar refractivity (Wildman–Crippen MR) is 105 cm³/mol. The van der Waals surface area contributed by atoms with Crippen molar-refractivity contribution < 1.29 is 19.1 Å². The van der Waals surface area contributed by atoms with Crippen LogP contribution < -0.4 is 10.1 Å². The highest BCUT2D eigenvalue weighted by Gasteiger charge is 2.13. The van der Waals surface area contributed by atoms with Gasteiger partial charge in [-0.1, -0.05) is 37.6 Å². The van der Waals surface area contributed by atoms with Gasteiger partial charge in [0.05, 0.1) is 18.2 Å². The van der Waals surface area contributed by atoms with Crippen molar-refractivity contribution in [2.24, 2.45) is 5.92 Å². The zero-order valence-electron chi connectivity index (χ0n) is 15.7. The van der Waals surface area contributed by atoms with Crippen molar-refractivity contribution in [3.8, 4) is 5.75 Å².